The van der Waals surface area contributed by atoms with Crippen molar-refractivity contribution in [1.82, 2.24) is 9.55 Å². The number of hydrogen-bond acceptors (Lipinski definition) is 5. The predicted octanol–water partition coefficient (Wildman–Crippen LogP) is 20.0. The number of anilines is 6. The molecule has 0 fully saturated rings. The van der Waals surface area contributed by atoms with E-state index in [9.17, 15) is 0 Å². The average molecular weight is 1030 g/mol. The van der Waals surface area contributed by atoms with Crippen LogP contribution in [0.4, 0.5) is 34.1 Å². The fourth-order valence-electron chi connectivity index (χ4n) is 11.8. The molecule has 14 aromatic rings. The third-order valence-electron chi connectivity index (χ3n) is 15.6. The Bertz CT molecular complexity index is 4550. The molecule has 0 saturated carbocycles. The van der Waals surface area contributed by atoms with E-state index in [2.05, 4.69) is 299 Å². The van der Waals surface area contributed by atoms with Gasteiger partial charge in [-0.15, -0.1) is 0 Å². The van der Waals surface area contributed by atoms with E-state index in [0.29, 0.717) is 0 Å². The minimum atomic E-state index is -0.0543. The van der Waals surface area contributed by atoms with Gasteiger partial charge < -0.3 is 19.5 Å². The summed E-state index contributed by atoms with van der Waals surface area (Å²) < 4.78 is 8.80. The zero-order valence-electron chi connectivity index (χ0n) is 43.6. The molecule has 1 aliphatic rings. The fraction of sp³-hybridized carbons (Fsp3) is 0.0135. The molecule has 0 amide bonds. The second kappa shape index (κ2) is 19.7. The van der Waals surface area contributed by atoms with Crippen molar-refractivity contribution in [2.45, 2.75) is 6.17 Å². The summed E-state index contributed by atoms with van der Waals surface area (Å²) in [6, 6.07) is 106. The number of nitrogens with zero attached hydrogens (tertiary/aromatic N) is 4. The molecule has 0 aliphatic carbocycles. The maximum absolute atomic E-state index is 6.50. The molecule has 15 rings (SSSR count). The number of nitrogens with one attached hydrogen (secondary N) is 1. The van der Waals surface area contributed by atoms with Crippen LogP contribution in [0.3, 0.4) is 0 Å². The molecule has 1 aliphatic heterocycles. The molecule has 6 heteroatoms. The van der Waals surface area contributed by atoms with Crippen molar-refractivity contribution in [3.05, 3.63) is 303 Å². The van der Waals surface area contributed by atoms with Crippen LogP contribution in [0, 0.1) is 0 Å². The van der Waals surface area contributed by atoms with E-state index in [-0.39, 0.29) is 6.17 Å². The summed E-state index contributed by atoms with van der Waals surface area (Å²) in [6.45, 7) is 0. The molecule has 0 bridgehead atoms. The zero-order chi connectivity index (χ0) is 52.9. The number of benzene rings is 12. The molecule has 6 nitrogen and oxygen atoms in total. The Balaban J connectivity index is 0.784. The van der Waals surface area contributed by atoms with Gasteiger partial charge in [0.1, 0.15) is 23.2 Å². The quantitative estimate of drug-likeness (QED) is 0.140. The maximum Gasteiger partial charge on any atom is 0.145 e. The molecular formula is C74H51N5O. The number of fused-ring (bicyclic) bond motifs is 5. The van der Waals surface area contributed by atoms with Crippen LogP contribution in [0.15, 0.2) is 302 Å². The van der Waals surface area contributed by atoms with Crippen molar-refractivity contribution in [2.75, 3.05) is 15.1 Å². The standard InChI is InChI=1S/C74H51N5O/c1-5-19-52(20-6-1)73-75-67-34-17-32-63(71(67)78(73)58-27-9-3-10-28-58)56-25-15-23-54(47-56)50-37-41-60(42-38-50)77(62-45-46-66-65-31-13-14-36-69(65)80-70(66)49-62)61-43-39-51(40-44-61)55-24-16-26-57(48-55)64-33-18-35-68-72(64)79(59-29-11-4-12-30-59)74(76-68)53-21-7-2-8-22-53/h1-49,73,75H. The van der Waals surface area contributed by atoms with E-state index in [1.165, 1.54) is 11.1 Å². The van der Waals surface area contributed by atoms with Gasteiger partial charge in [-0.2, -0.15) is 0 Å². The van der Waals surface area contributed by atoms with Crippen molar-refractivity contribution >= 4 is 67.1 Å². The van der Waals surface area contributed by atoms with E-state index in [1.54, 1.807) is 0 Å². The summed E-state index contributed by atoms with van der Waals surface area (Å²) in [6.07, 6.45) is -0.0543. The van der Waals surface area contributed by atoms with Gasteiger partial charge in [-0.3, -0.25) is 4.57 Å². The highest BCUT2D eigenvalue weighted by Crippen LogP contribution is 2.51. The van der Waals surface area contributed by atoms with Gasteiger partial charge in [-0.25, -0.2) is 4.98 Å². The molecule has 0 radical (unpaired) electrons. The van der Waals surface area contributed by atoms with Crippen LogP contribution in [0.25, 0.3) is 94.6 Å². The van der Waals surface area contributed by atoms with Gasteiger partial charge in [0.2, 0.25) is 0 Å². The number of rotatable bonds is 11. The molecule has 1 atom stereocenters. The van der Waals surface area contributed by atoms with E-state index in [0.717, 1.165) is 123 Å². The summed E-state index contributed by atoms with van der Waals surface area (Å²) in [4.78, 5) is 10.0. The molecule has 2 aromatic heterocycles. The molecule has 0 saturated heterocycles. The lowest BCUT2D eigenvalue weighted by molar-refractivity contribution is 0.669. The molecular weight excluding hydrogens is 975 g/mol. The number of aromatic nitrogens is 2. The van der Waals surface area contributed by atoms with E-state index in [4.69, 9.17) is 9.40 Å². The van der Waals surface area contributed by atoms with Crippen molar-refractivity contribution in [2.24, 2.45) is 0 Å². The van der Waals surface area contributed by atoms with Gasteiger partial charge >= 0.3 is 0 Å². The zero-order valence-corrected chi connectivity index (χ0v) is 43.6. The Morgan fingerprint density at radius 3 is 1.59 bits per heavy atom. The highest BCUT2D eigenvalue weighted by atomic mass is 16.3. The third kappa shape index (κ3) is 8.26. The molecule has 1 N–H and O–H groups in total. The Hall–Kier alpha value is -10.7. The van der Waals surface area contributed by atoms with Gasteiger partial charge in [0, 0.05) is 62.0 Å². The minimum absolute atomic E-state index is 0.0543. The lowest BCUT2D eigenvalue weighted by Gasteiger charge is -2.28. The number of para-hydroxylation sites is 5. The summed E-state index contributed by atoms with van der Waals surface area (Å²) in [7, 11) is 0. The van der Waals surface area contributed by atoms with Crippen molar-refractivity contribution in [1.29, 1.82) is 0 Å². The van der Waals surface area contributed by atoms with Gasteiger partial charge in [0.15, 0.2) is 0 Å². The van der Waals surface area contributed by atoms with Crippen LogP contribution in [0.2, 0.25) is 0 Å². The smallest absolute Gasteiger partial charge is 0.145 e. The van der Waals surface area contributed by atoms with Crippen molar-refractivity contribution in [3.63, 3.8) is 0 Å². The normalized spacial score (nSPS) is 12.9. The Labute approximate surface area is 464 Å². The molecule has 1 unspecified atom stereocenters. The third-order valence-corrected chi connectivity index (χ3v) is 15.6. The first-order valence-electron chi connectivity index (χ1n) is 27.2. The van der Waals surface area contributed by atoms with Crippen molar-refractivity contribution < 1.29 is 4.42 Å². The molecule has 12 aromatic carbocycles. The topological polar surface area (TPSA) is 49.5 Å². The van der Waals surface area contributed by atoms with Crippen LogP contribution in [-0.4, -0.2) is 9.55 Å². The monoisotopic (exact) mass is 1030 g/mol. The first-order chi connectivity index (χ1) is 39.7. The van der Waals surface area contributed by atoms with Crippen LogP contribution in [0.1, 0.15) is 11.7 Å². The second-order valence-corrected chi connectivity index (χ2v) is 20.4. The largest absolute Gasteiger partial charge is 0.456 e. The Kier molecular flexibility index (Phi) is 11.5. The summed E-state index contributed by atoms with van der Waals surface area (Å²) in [5.74, 6) is 0.913. The van der Waals surface area contributed by atoms with E-state index >= 15 is 0 Å². The summed E-state index contributed by atoms with van der Waals surface area (Å²) >= 11 is 0. The Morgan fingerprint density at radius 2 is 0.900 bits per heavy atom. The van der Waals surface area contributed by atoms with E-state index in [1.807, 2.05) is 18.2 Å². The highest BCUT2D eigenvalue weighted by molar-refractivity contribution is 6.06. The first kappa shape index (κ1) is 46.6. The van der Waals surface area contributed by atoms with Gasteiger partial charge in [-0.1, -0.05) is 200 Å². The average Bonchev–Trinajstić information content (AvgIpc) is 4.29. The lowest BCUT2D eigenvalue weighted by atomic mass is 9.96. The molecule has 378 valence electrons. The number of hydrogen-bond donors (Lipinski definition) is 1. The SMILES string of the molecule is c1ccc(-c2nc3cccc(-c4cccc(-c5ccc(N(c6ccc(-c7cccc(-c8cccc9c8N(c8ccccc8)C(c8ccccc8)N9)c7)cc6)c6ccc7c(c6)oc6ccccc67)cc5)c4)c3n2-c2ccccc2)cc1. The predicted molar refractivity (Wildman–Crippen MR) is 332 cm³/mol. The maximum atomic E-state index is 6.50. The number of furan rings is 1. The minimum Gasteiger partial charge on any atom is -0.456 e. The number of imidazole rings is 1. The second-order valence-electron chi connectivity index (χ2n) is 20.4. The van der Waals surface area contributed by atoms with Gasteiger partial charge in [0.05, 0.1) is 22.4 Å². The van der Waals surface area contributed by atoms with Crippen molar-refractivity contribution in [3.8, 4) is 61.6 Å². The van der Waals surface area contributed by atoms with Crippen LogP contribution < -0.4 is 15.1 Å². The fourth-order valence-corrected chi connectivity index (χ4v) is 11.8. The summed E-state index contributed by atoms with van der Waals surface area (Å²) in [5, 5.41) is 6.07. The van der Waals surface area contributed by atoms with Gasteiger partial charge in [-0.05, 0) is 130 Å². The highest BCUT2D eigenvalue weighted by Gasteiger charge is 2.33. The van der Waals surface area contributed by atoms with E-state index < -0.39 is 0 Å². The first-order valence-corrected chi connectivity index (χ1v) is 27.2. The summed E-state index contributed by atoms with van der Waals surface area (Å²) in [5.41, 5.74) is 22.6. The van der Waals surface area contributed by atoms with Crippen LogP contribution in [-0.2, 0) is 0 Å². The molecule has 80 heavy (non-hydrogen) atoms. The Morgan fingerprint density at radius 1 is 0.375 bits per heavy atom. The molecule has 0 spiro atoms. The van der Waals surface area contributed by atoms with Crippen LogP contribution in [0.5, 0.6) is 0 Å². The van der Waals surface area contributed by atoms with Crippen LogP contribution >= 0.6 is 0 Å². The van der Waals surface area contributed by atoms with Gasteiger partial charge in [0.25, 0.3) is 0 Å². The molecule has 3 heterocycles. The lowest BCUT2D eigenvalue weighted by Crippen LogP contribution is -2.23.